The van der Waals surface area contributed by atoms with Gasteiger partial charge in [-0.15, -0.1) is 0 Å². The number of β-amino-alcohol motifs (C(OH)–C–C–N with tert-alkyl or cyclic N) is 1. The zero-order chi connectivity index (χ0) is 10.1. The normalized spacial score (nSPS) is 34.5. The molecule has 1 aliphatic rings. The van der Waals surface area contributed by atoms with Crippen molar-refractivity contribution in [2.75, 3.05) is 20.2 Å². The van der Waals surface area contributed by atoms with Crippen LogP contribution < -0.4 is 5.73 Å². The third-order valence-electron chi connectivity index (χ3n) is 2.45. The maximum atomic E-state index is 11.1. The predicted molar refractivity (Wildman–Crippen MR) is 47.2 cm³/mol. The van der Waals surface area contributed by atoms with Crippen LogP contribution in [0.4, 0.5) is 4.79 Å². The number of likely N-dealkylation sites (tertiary alicyclic amines) is 1. The number of carbonyl (C=O) groups excluding carboxylic acids is 1. The molecule has 0 unspecified atom stereocenters. The van der Waals surface area contributed by atoms with Gasteiger partial charge in [-0.25, -0.2) is 4.79 Å². The second kappa shape index (κ2) is 3.51. The van der Waals surface area contributed by atoms with Crippen molar-refractivity contribution in [2.24, 2.45) is 5.73 Å². The molecule has 0 aromatic heterocycles. The van der Waals surface area contributed by atoms with E-state index in [0.717, 1.165) is 0 Å². The van der Waals surface area contributed by atoms with Gasteiger partial charge in [-0.05, 0) is 13.3 Å². The van der Waals surface area contributed by atoms with Gasteiger partial charge in [0, 0.05) is 12.6 Å². The Labute approximate surface area is 77.5 Å². The number of hydrogen-bond donors (Lipinski definition) is 2. The van der Waals surface area contributed by atoms with Crippen LogP contribution in [0.5, 0.6) is 0 Å². The van der Waals surface area contributed by atoms with Gasteiger partial charge >= 0.3 is 6.09 Å². The van der Waals surface area contributed by atoms with Crippen molar-refractivity contribution in [2.45, 2.75) is 25.0 Å². The van der Waals surface area contributed by atoms with E-state index in [-0.39, 0.29) is 12.6 Å². The largest absolute Gasteiger partial charge is 0.453 e. The summed E-state index contributed by atoms with van der Waals surface area (Å²) >= 11 is 0. The minimum Gasteiger partial charge on any atom is -0.453 e. The number of rotatable bonds is 0. The maximum Gasteiger partial charge on any atom is 0.409 e. The fourth-order valence-corrected chi connectivity index (χ4v) is 1.47. The zero-order valence-electron chi connectivity index (χ0n) is 7.99. The summed E-state index contributed by atoms with van der Waals surface area (Å²) in [4.78, 5) is 12.6. The van der Waals surface area contributed by atoms with Crippen LogP contribution in [0.2, 0.25) is 0 Å². The van der Waals surface area contributed by atoms with Crippen molar-refractivity contribution in [3.8, 4) is 0 Å². The predicted octanol–water partition coefficient (Wildman–Crippen LogP) is -0.463. The van der Waals surface area contributed by atoms with Gasteiger partial charge in [0.1, 0.15) is 0 Å². The highest BCUT2D eigenvalue weighted by atomic mass is 16.5. The molecule has 0 aliphatic carbocycles. The Morgan fingerprint density at radius 2 is 2.38 bits per heavy atom. The average molecular weight is 188 g/mol. The summed E-state index contributed by atoms with van der Waals surface area (Å²) in [6.45, 7) is 2.41. The third-order valence-corrected chi connectivity index (χ3v) is 2.45. The van der Waals surface area contributed by atoms with E-state index in [2.05, 4.69) is 4.74 Å². The molecule has 1 fully saturated rings. The summed E-state index contributed by atoms with van der Waals surface area (Å²) in [5, 5.41) is 9.78. The lowest BCUT2D eigenvalue weighted by atomic mass is 9.90. The molecule has 0 aromatic rings. The lowest BCUT2D eigenvalue weighted by Gasteiger charge is -2.40. The molecule has 0 aromatic carbocycles. The summed E-state index contributed by atoms with van der Waals surface area (Å²) in [5.74, 6) is 0. The molecule has 3 N–H and O–H groups in total. The summed E-state index contributed by atoms with van der Waals surface area (Å²) in [7, 11) is 1.32. The third kappa shape index (κ3) is 2.10. The molecule has 0 saturated carbocycles. The van der Waals surface area contributed by atoms with Crippen molar-refractivity contribution in [1.29, 1.82) is 0 Å². The van der Waals surface area contributed by atoms with Crippen molar-refractivity contribution in [1.82, 2.24) is 4.90 Å². The number of aliphatic hydroxyl groups is 1. The number of carbonyl (C=O) groups is 1. The molecule has 5 nitrogen and oxygen atoms in total. The fourth-order valence-electron chi connectivity index (χ4n) is 1.47. The van der Waals surface area contributed by atoms with E-state index >= 15 is 0 Å². The smallest absolute Gasteiger partial charge is 0.409 e. The van der Waals surface area contributed by atoms with Crippen molar-refractivity contribution >= 4 is 6.09 Å². The molecule has 1 amide bonds. The van der Waals surface area contributed by atoms with Crippen LogP contribution in [0.1, 0.15) is 13.3 Å². The zero-order valence-corrected chi connectivity index (χ0v) is 7.99. The van der Waals surface area contributed by atoms with Crippen LogP contribution in [0.15, 0.2) is 0 Å². The molecule has 13 heavy (non-hydrogen) atoms. The summed E-state index contributed by atoms with van der Waals surface area (Å²) in [6.07, 6.45) is 0.189. The number of nitrogens with zero attached hydrogens (tertiary/aromatic N) is 1. The van der Waals surface area contributed by atoms with Gasteiger partial charge in [0.05, 0.1) is 19.3 Å². The summed E-state index contributed by atoms with van der Waals surface area (Å²) in [5.41, 5.74) is 4.68. The second-order valence-corrected chi connectivity index (χ2v) is 3.64. The molecule has 2 atom stereocenters. The van der Waals surface area contributed by atoms with Crippen LogP contribution in [-0.4, -0.2) is 47.9 Å². The first-order chi connectivity index (χ1) is 5.97. The van der Waals surface area contributed by atoms with Crippen molar-refractivity contribution < 1.29 is 14.6 Å². The molecule has 0 spiro atoms. The van der Waals surface area contributed by atoms with E-state index in [1.165, 1.54) is 12.0 Å². The van der Waals surface area contributed by atoms with Crippen LogP contribution in [0, 0.1) is 0 Å². The SMILES string of the molecule is COC(=O)N1CC[C@@H](N)[C@](C)(O)C1. The first-order valence-corrected chi connectivity index (χ1v) is 4.28. The number of nitrogens with two attached hydrogens (primary N) is 1. The standard InChI is InChI=1S/C8H16N2O3/c1-8(12)5-10(7(11)13-2)4-3-6(8)9/h6,12H,3-5,9H2,1-2H3/t6-,8-/m1/s1. The Kier molecular flexibility index (Phi) is 2.77. The molecular weight excluding hydrogens is 172 g/mol. The maximum absolute atomic E-state index is 11.1. The molecule has 5 heteroatoms. The molecule has 0 bridgehead atoms. The van der Waals surface area contributed by atoms with Crippen molar-refractivity contribution in [3.63, 3.8) is 0 Å². The van der Waals surface area contributed by atoms with Gasteiger partial charge in [0.15, 0.2) is 0 Å². The summed E-state index contributed by atoms with van der Waals surface area (Å²) < 4.78 is 4.55. The quantitative estimate of drug-likeness (QED) is 0.539. The Morgan fingerprint density at radius 1 is 1.77 bits per heavy atom. The molecule has 0 radical (unpaired) electrons. The Bertz CT molecular complexity index is 206. The molecule has 1 heterocycles. The highest BCUT2D eigenvalue weighted by molar-refractivity contribution is 5.67. The lowest BCUT2D eigenvalue weighted by Crippen LogP contribution is -2.59. The monoisotopic (exact) mass is 188 g/mol. The number of amides is 1. The van der Waals surface area contributed by atoms with E-state index in [1.807, 2.05) is 0 Å². The van der Waals surface area contributed by atoms with Crippen LogP contribution in [-0.2, 0) is 4.74 Å². The minimum absolute atomic E-state index is 0.237. The fraction of sp³-hybridized carbons (Fsp3) is 0.875. The van der Waals surface area contributed by atoms with Crippen LogP contribution >= 0.6 is 0 Å². The molecule has 1 rings (SSSR count). The highest BCUT2D eigenvalue weighted by Gasteiger charge is 2.37. The first-order valence-electron chi connectivity index (χ1n) is 4.28. The van der Waals surface area contributed by atoms with Gasteiger partial charge in [-0.2, -0.15) is 0 Å². The van der Waals surface area contributed by atoms with Crippen LogP contribution in [0.25, 0.3) is 0 Å². The average Bonchev–Trinajstić information content (AvgIpc) is 2.08. The molecule has 1 saturated heterocycles. The van der Waals surface area contributed by atoms with Gasteiger partial charge in [0.2, 0.25) is 0 Å². The number of methoxy groups -OCH3 is 1. The topological polar surface area (TPSA) is 75.8 Å². The first kappa shape index (κ1) is 10.3. The van der Waals surface area contributed by atoms with Gasteiger partial charge in [-0.3, -0.25) is 0 Å². The van der Waals surface area contributed by atoms with Gasteiger partial charge in [-0.1, -0.05) is 0 Å². The Balaban J connectivity index is 2.60. The minimum atomic E-state index is -1.01. The number of ether oxygens (including phenoxy) is 1. The van der Waals surface area contributed by atoms with E-state index in [1.54, 1.807) is 6.92 Å². The summed E-state index contributed by atoms with van der Waals surface area (Å²) in [6, 6.07) is -0.270. The lowest BCUT2D eigenvalue weighted by molar-refractivity contribution is -0.0281. The molecular formula is C8H16N2O3. The molecule has 1 aliphatic heterocycles. The van der Waals surface area contributed by atoms with E-state index in [4.69, 9.17) is 5.73 Å². The Hall–Kier alpha value is -0.810. The molecule has 76 valence electrons. The van der Waals surface area contributed by atoms with Gasteiger partial charge < -0.3 is 20.5 Å². The van der Waals surface area contributed by atoms with E-state index in [9.17, 15) is 9.90 Å². The number of hydrogen-bond acceptors (Lipinski definition) is 4. The van der Waals surface area contributed by atoms with E-state index < -0.39 is 11.7 Å². The van der Waals surface area contributed by atoms with Crippen molar-refractivity contribution in [3.05, 3.63) is 0 Å². The Morgan fingerprint density at radius 3 is 2.85 bits per heavy atom. The number of piperidine rings is 1. The second-order valence-electron chi connectivity index (χ2n) is 3.64. The van der Waals surface area contributed by atoms with Crippen LogP contribution in [0.3, 0.4) is 0 Å². The van der Waals surface area contributed by atoms with Gasteiger partial charge in [0.25, 0.3) is 0 Å². The van der Waals surface area contributed by atoms with E-state index in [0.29, 0.717) is 13.0 Å². The highest BCUT2D eigenvalue weighted by Crippen LogP contribution is 2.19.